The zero-order valence-electron chi connectivity index (χ0n) is 31.6. The zero-order valence-corrected chi connectivity index (χ0v) is 31.6. The lowest BCUT2D eigenvalue weighted by molar-refractivity contribution is -0.176. The van der Waals surface area contributed by atoms with Crippen molar-refractivity contribution in [2.24, 2.45) is 0 Å². The van der Waals surface area contributed by atoms with Crippen molar-refractivity contribution in [2.45, 2.75) is 145 Å². The van der Waals surface area contributed by atoms with Crippen LogP contribution in [0, 0.1) is 0 Å². The average molecular weight is 714 g/mol. The number of likely N-dealkylation sites (N-methyl/N-ethyl adjacent to an activating group) is 1. The second-order valence-electron chi connectivity index (χ2n) is 15.3. The van der Waals surface area contributed by atoms with Crippen LogP contribution < -0.4 is 9.47 Å². The molecule has 2 aromatic carbocycles. The molecule has 2 heterocycles. The van der Waals surface area contributed by atoms with Crippen LogP contribution >= 0.6 is 0 Å². The molecule has 1 unspecified atom stereocenters. The van der Waals surface area contributed by atoms with Gasteiger partial charge in [-0.15, -0.1) is 0 Å². The number of hydrogen-bond donors (Lipinski definition) is 1. The predicted molar refractivity (Wildman–Crippen MR) is 202 cm³/mol. The molecule has 4 aliphatic rings. The van der Waals surface area contributed by atoms with Crippen molar-refractivity contribution in [3.05, 3.63) is 83.1 Å². The van der Waals surface area contributed by atoms with Crippen molar-refractivity contribution in [3.8, 4) is 11.5 Å². The van der Waals surface area contributed by atoms with Crippen molar-refractivity contribution in [2.75, 3.05) is 20.7 Å². The van der Waals surface area contributed by atoms with E-state index in [0.29, 0.717) is 48.5 Å². The number of benzene rings is 2. The summed E-state index contributed by atoms with van der Waals surface area (Å²) in [5.41, 5.74) is 0.734. The largest absolute Gasteiger partial charge is 0.493 e. The van der Waals surface area contributed by atoms with E-state index in [9.17, 15) is 14.7 Å². The fourth-order valence-electron chi connectivity index (χ4n) is 9.17. The predicted octanol–water partition coefficient (Wildman–Crippen LogP) is 8.84. The van der Waals surface area contributed by atoms with Crippen LogP contribution in [0.5, 0.6) is 11.5 Å². The number of nitrogens with zero attached hydrogens (tertiary/aromatic N) is 1. The van der Waals surface area contributed by atoms with Gasteiger partial charge in [0, 0.05) is 30.0 Å². The Morgan fingerprint density at radius 1 is 0.962 bits per heavy atom. The fourth-order valence-corrected chi connectivity index (χ4v) is 9.17. The molecule has 2 bridgehead atoms. The van der Waals surface area contributed by atoms with Crippen LogP contribution in [-0.2, 0) is 30.9 Å². The summed E-state index contributed by atoms with van der Waals surface area (Å²) >= 11 is 0. The van der Waals surface area contributed by atoms with Gasteiger partial charge in [-0.3, -0.25) is 4.79 Å². The van der Waals surface area contributed by atoms with Crippen molar-refractivity contribution >= 4 is 11.9 Å². The van der Waals surface area contributed by atoms with Gasteiger partial charge in [0.25, 0.3) is 0 Å². The van der Waals surface area contributed by atoms with E-state index in [-0.39, 0.29) is 12.5 Å². The SMILES string of the molecule is CCCCCCCCC=CCCCCCCCC(=O)O[C@H](C(=O)OC1=CC[C@]2(O)C3Cc4ccc(OC)c5c4[C@@]2(CCN3C)[C@H]1O5)c1ccccc1. The van der Waals surface area contributed by atoms with E-state index in [4.69, 9.17) is 18.9 Å². The zero-order chi connectivity index (χ0) is 36.6. The number of likely N-dealkylation sites (tertiary alicyclic amines) is 1. The van der Waals surface area contributed by atoms with Gasteiger partial charge >= 0.3 is 11.9 Å². The van der Waals surface area contributed by atoms with Gasteiger partial charge in [0.05, 0.1) is 18.1 Å². The Morgan fingerprint density at radius 2 is 1.65 bits per heavy atom. The van der Waals surface area contributed by atoms with Gasteiger partial charge in [-0.1, -0.05) is 107 Å². The Hall–Kier alpha value is -3.62. The number of piperidine rings is 1. The van der Waals surface area contributed by atoms with Gasteiger partial charge in [-0.05, 0) is 76.2 Å². The normalized spacial score (nSPS) is 24.9. The highest BCUT2D eigenvalue weighted by molar-refractivity contribution is 5.82. The number of aliphatic hydroxyl groups is 1. The molecular formula is C44H59NO7. The third-order valence-electron chi connectivity index (χ3n) is 12.0. The molecule has 1 fully saturated rings. The summed E-state index contributed by atoms with van der Waals surface area (Å²) in [6.45, 7) is 3.02. The molecule has 6 rings (SSSR count). The first-order valence-corrected chi connectivity index (χ1v) is 19.9. The van der Waals surface area contributed by atoms with E-state index in [1.54, 1.807) is 25.3 Å². The molecule has 2 aliphatic carbocycles. The maximum Gasteiger partial charge on any atom is 0.357 e. The summed E-state index contributed by atoms with van der Waals surface area (Å²) in [4.78, 5) is 29.4. The Balaban J connectivity index is 1.03. The smallest absolute Gasteiger partial charge is 0.357 e. The summed E-state index contributed by atoms with van der Waals surface area (Å²) in [6, 6.07) is 12.9. The number of esters is 2. The Labute approximate surface area is 310 Å². The molecule has 8 nitrogen and oxygen atoms in total. The Bertz CT molecular complexity index is 1590. The molecule has 0 radical (unpaired) electrons. The lowest BCUT2D eigenvalue weighted by atomic mass is 9.50. The second-order valence-corrected chi connectivity index (χ2v) is 15.3. The van der Waals surface area contributed by atoms with Gasteiger partial charge in [-0.2, -0.15) is 0 Å². The van der Waals surface area contributed by atoms with E-state index >= 15 is 0 Å². The highest BCUT2D eigenvalue weighted by Crippen LogP contribution is 2.65. The number of carbonyl (C=O) groups is 2. The quantitative estimate of drug-likeness (QED) is 0.0827. The molecule has 2 aliphatic heterocycles. The van der Waals surface area contributed by atoms with Crippen molar-refractivity contribution in [3.63, 3.8) is 0 Å². The number of ether oxygens (including phenoxy) is 4. The highest BCUT2D eigenvalue weighted by Gasteiger charge is 2.72. The molecule has 52 heavy (non-hydrogen) atoms. The van der Waals surface area contributed by atoms with Gasteiger partial charge in [0.1, 0.15) is 5.76 Å². The van der Waals surface area contributed by atoms with Gasteiger partial charge in [-0.25, -0.2) is 4.79 Å². The number of unbranched alkanes of at least 4 members (excludes halogenated alkanes) is 11. The summed E-state index contributed by atoms with van der Waals surface area (Å²) in [5, 5.41) is 12.5. The van der Waals surface area contributed by atoms with Crippen LogP contribution in [0.3, 0.4) is 0 Å². The summed E-state index contributed by atoms with van der Waals surface area (Å²) in [7, 11) is 3.67. The van der Waals surface area contributed by atoms with Crippen LogP contribution in [0.4, 0.5) is 0 Å². The number of allylic oxidation sites excluding steroid dienone is 2. The van der Waals surface area contributed by atoms with Crippen LogP contribution in [0.15, 0.2) is 66.5 Å². The van der Waals surface area contributed by atoms with Gasteiger partial charge in [0.15, 0.2) is 17.6 Å². The highest BCUT2D eigenvalue weighted by atomic mass is 16.6. The second kappa shape index (κ2) is 17.5. The van der Waals surface area contributed by atoms with Crippen LogP contribution in [0.2, 0.25) is 0 Å². The van der Waals surface area contributed by atoms with Crippen LogP contribution in [-0.4, -0.2) is 60.4 Å². The Kier molecular flexibility index (Phi) is 12.8. The third kappa shape index (κ3) is 7.70. The van der Waals surface area contributed by atoms with Crippen LogP contribution in [0.1, 0.15) is 132 Å². The third-order valence-corrected chi connectivity index (χ3v) is 12.0. The minimum Gasteiger partial charge on any atom is -0.493 e. The molecule has 8 heteroatoms. The summed E-state index contributed by atoms with van der Waals surface area (Å²) in [6.07, 6.45) is 21.7. The van der Waals surface area contributed by atoms with Gasteiger partial charge < -0.3 is 29.0 Å². The topological polar surface area (TPSA) is 94.5 Å². The molecule has 0 amide bonds. The van der Waals surface area contributed by atoms with Gasteiger partial charge in [0.2, 0.25) is 6.10 Å². The molecule has 0 aromatic heterocycles. The molecule has 1 N–H and O–H groups in total. The monoisotopic (exact) mass is 713 g/mol. The Morgan fingerprint density at radius 3 is 2.37 bits per heavy atom. The fraction of sp³-hybridized carbons (Fsp3) is 0.591. The van der Waals surface area contributed by atoms with E-state index in [0.717, 1.165) is 49.8 Å². The van der Waals surface area contributed by atoms with Crippen molar-refractivity contribution in [1.29, 1.82) is 0 Å². The number of rotatable bonds is 20. The molecule has 282 valence electrons. The molecule has 0 saturated carbocycles. The van der Waals surface area contributed by atoms with E-state index < -0.39 is 35.2 Å². The molecular weight excluding hydrogens is 654 g/mol. The number of hydrogen-bond acceptors (Lipinski definition) is 8. The number of carbonyl (C=O) groups excluding carboxylic acids is 2. The first kappa shape index (κ1) is 38.1. The van der Waals surface area contributed by atoms with E-state index in [2.05, 4.69) is 37.1 Å². The minimum atomic E-state index is -1.22. The van der Waals surface area contributed by atoms with Crippen molar-refractivity contribution in [1.82, 2.24) is 4.90 Å². The lowest BCUT2D eigenvalue weighted by Crippen LogP contribution is -2.74. The first-order valence-electron chi connectivity index (χ1n) is 19.9. The maximum atomic E-state index is 14.0. The first-order chi connectivity index (χ1) is 25.3. The van der Waals surface area contributed by atoms with Crippen LogP contribution in [0.25, 0.3) is 0 Å². The molecule has 1 saturated heterocycles. The molecule has 5 atom stereocenters. The molecule has 2 aromatic rings. The van der Waals surface area contributed by atoms with E-state index in [1.165, 1.54) is 44.9 Å². The lowest BCUT2D eigenvalue weighted by Gasteiger charge is -2.61. The van der Waals surface area contributed by atoms with E-state index in [1.807, 2.05) is 24.3 Å². The average Bonchev–Trinajstić information content (AvgIpc) is 3.51. The standard InChI is InChI=1S/C44H59NO7/c1-4-5-6-7-8-9-10-11-12-13-14-15-16-17-21-24-37(46)51-39(32-22-19-18-20-23-32)42(47)50-35-27-28-44(48)36-31-33-25-26-34(49-3)40-38(33)43(44,41(35)52-40)29-30-45(36)2/h11-12,18-20,22-23,25-27,36,39,41,48H,4-10,13-17,21,24,28-31H2,1-3H3/t36?,39-,41-,43-,44-/m0/s1. The minimum absolute atomic E-state index is 0.109. The maximum absolute atomic E-state index is 14.0. The summed E-state index contributed by atoms with van der Waals surface area (Å²) < 4.78 is 24.4. The molecule has 1 spiro atoms. The number of methoxy groups -OCH3 is 1. The summed E-state index contributed by atoms with van der Waals surface area (Å²) in [5.74, 6) is 0.460. The van der Waals surface area contributed by atoms with Crippen molar-refractivity contribution < 1.29 is 33.6 Å².